The largest absolute Gasteiger partial charge is 0.379 e. The van der Waals surface area contributed by atoms with E-state index in [9.17, 15) is 8.78 Å². The second-order valence-corrected chi connectivity index (χ2v) is 4.20. The summed E-state index contributed by atoms with van der Waals surface area (Å²) in [5.41, 5.74) is 2.34. The maximum Gasteiger partial charge on any atom is 0.164 e. The van der Waals surface area contributed by atoms with Crippen LogP contribution in [-0.4, -0.2) is 19.8 Å². The molecule has 2 heterocycles. The van der Waals surface area contributed by atoms with Gasteiger partial charge >= 0.3 is 0 Å². The van der Waals surface area contributed by atoms with Gasteiger partial charge in [-0.15, -0.1) is 0 Å². The standard InChI is InChI=1S/C11H11F2NO2/c12-9-3-1-2-8(10(9)13)11-6-15-4-7(11)5-16-14-11/h1-3,7,14H,4-6H2/t7?,11-/m0/s1. The lowest BCUT2D eigenvalue weighted by Gasteiger charge is -2.26. The summed E-state index contributed by atoms with van der Waals surface area (Å²) in [6.45, 7) is 1.26. The van der Waals surface area contributed by atoms with Gasteiger partial charge in [0.15, 0.2) is 11.6 Å². The van der Waals surface area contributed by atoms with Gasteiger partial charge in [-0.25, -0.2) is 8.78 Å². The van der Waals surface area contributed by atoms with Crippen molar-refractivity contribution in [1.82, 2.24) is 5.48 Å². The Kier molecular flexibility index (Phi) is 2.20. The maximum atomic E-state index is 13.8. The maximum absolute atomic E-state index is 13.8. The van der Waals surface area contributed by atoms with Gasteiger partial charge in [0.1, 0.15) is 5.54 Å². The molecule has 1 aromatic carbocycles. The zero-order chi connectivity index (χ0) is 11.2. The van der Waals surface area contributed by atoms with Crippen molar-refractivity contribution < 1.29 is 18.4 Å². The summed E-state index contributed by atoms with van der Waals surface area (Å²) in [6.07, 6.45) is 0. The highest BCUT2D eigenvalue weighted by molar-refractivity contribution is 5.30. The van der Waals surface area contributed by atoms with Crippen molar-refractivity contribution in [2.45, 2.75) is 5.54 Å². The number of hydrogen-bond donors (Lipinski definition) is 1. The molecule has 0 spiro atoms. The van der Waals surface area contributed by atoms with Crippen molar-refractivity contribution in [3.8, 4) is 0 Å². The molecule has 2 aliphatic heterocycles. The van der Waals surface area contributed by atoms with Gasteiger partial charge in [-0.3, -0.25) is 0 Å². The number of hydroxylamine groups is 1. The summed E-state index contributed by atoms with van der Waals surface area (Å²) >= 11 is 0. The number of fused-ring (bicyclic) bond motifs is 1. The monoisotopic (exact) mass is 227 g/mol. The van der Waals surface area contributed by atoms with E-state index < -0.39 is 17.2 Å². The van der Waals surface area contributed by atoms with E-state index in [2.05, 4.69) is 5.48 Å². The Balaban J connectivity index is 2.11. The first kappa shape index (κ1) is 10.1. The van der Waals surface area contributed by atoms with Crippen LogP contribution in [-0.2, 0) is 15.1 Å². The third-order valence-corrected chi connectivity index (χ3v) is 3.32. The van der Waals surface area contributed by atoms with Crippen LogP contribution in [0.1, 0.15) is 5.56 Å². The quantitative estimate of drug-likeness (QED) is 0.785. The highest BCUT2D eigenvalue weighted by Gasteiger charge is 2.51. The van der Waals surface area contributed by atoms with E-state index in [0.29, 0.717) is 19.8 Å². The average molecular weight is 227 g/mol. The predicted molar refractivity (Wildman–Crippen MR) is 51.4 cm³/mol. The molecule has 2 atom stereocenters. The summed E-state index contributed by atoms with van der Waals surface area (Å²) in [5.74, 6) is -1.63. The lowest BCUT2D eigenvalue weighted by Crippen LogP contribution is -2.42. The molecule has 1 N–H and O–H groups in total. The molecule has 0 amide bonds. The molecule has 3 nitrogen and oxygen atoms in total. The van der Waals surface area contributed by atoms with E-state index in [1.807, 2.05) is 0 Å². The van der Waals surface area contributed by atoms with Crippen LogP contribution in [0.2, 0.25) is 0 Å². The van der Waals surface area contributed by atoms with Crippen LogP contribution in [0, 0.1) is 17.6 Å². The Labute approximate surface area is 91.3 Å². The number of hydrogen-bond acceptors (Lipinski definition) is 3. The van der Waals surface area contributed by atoms with E-state index in [0.717, 1.165) is 6.07 Å². The van der Waals surface area contributed by atoms with Crippen molar-refractivity contribution in [3.63, 3.8) is 0 Å². The van der Waals surface area contributed by atoms with Gasteiger partial charge in [-0.2, -0.15) is 5.48 Å². The van der Waals surface area contributed by atoms with Crippen molar-refractivity contribution in [1.29, 1.82) is 0 Å². The molecular weight excluding hydrogens is 216 g/mol. The third kappa shape index (κ3) is 1.22. The lowest BCUT2D eigenvalue weighted by atomic mass is 9.82. The van der Waals surface area contributed by atoms with Crippen molar-refractivity contribution in [3.05, 3.63) is 35.4 Å². The molecule has 0 aliphatic carbocycles. The Bertz CT molecular complexity index is 414. The first-order valence-electron chi connectivity index (χ1n) is 5.15. The fourth-order valence-electron chi connectivity index (χ4n) is 2.40. The number of rotatable bonds is 1. The zero-order valence-electron chi connectivity index (χ0n) is 8.50. The topological polar surface area (TPSA) is 30.5 Å². The minimum atomic E-state index is -0.841. The molecule has 0 radical (unpaired) electrons. The van der Waals surface area contributed by atoms with Gasteiger partial charge in [-0.1, -0.05) is 12.1 Å². The van der Waals surface area contributed by atoms with Gasteiger partial charge in [0, 0.05) is 11.5 Å². The van der Waals surface area contributed by atoms with E-state index >= 15 is 0 Å². The van der Waals surface area contributed by atoms with Crippen LogP contribution in [0.5, 0.6) is 0 Å². The van der Waals surface area contributed by atoms with Crippen LogP contribution in [0.4, 0.5) is 8.78 Å². The van der Waals surface area contributed by atoms with Crippen LogP contribution < -0.4 is 5.48 Å². The molecule has 2 aliphatic rings. The molecule has 16 heavy (non-hydrogen) atoms. The predicted octanol–water partition coefficient (Wildman–Crippen LogP) is 1.34. The Morgan fingerprint density at radius 3 is 3.06 bits per heavy atom. The number of halogens is 2. The van der Waals surface area contributed by atoms with Gasteiger partial charge in [-0.05, 0) is 6.07 Å². The SMILES string of the molecule is Fc1cccc([C@]23COCC2CON3)c1F. The first-order valence-corrected chi connectivity index (χ1v) is 5.15. The number of nitrogens with one attached hydrogen (secondary N) is 1. The summed E-state index contributed by atoms with van der Waals surface area (Å²) < 4.78 is 32.3. The van der Waals surface area contributed by atoms with Gasteiger partial charge in [0.2, 0.25) is 0 Å². The van der Waals surface area contributed by atoms with Crippen molar-refractivity contribution in [2.24, 2.45) is 5.92 Å². The Morgan fingerprint density at radius 2 is 2.19 bits per heavy atom. The molecule has 0 saturated carbocycles. The molecule has 0 bridgehead atoms. The Morgan fingerprint density at radius 1 is 1.31 bits per heavy atom. The van der Waals surface area contributed by atoms with Gasteiger partial charge in [0.05, 0.1) is 19.8 Å². The van der Waals surface area contributed by atoms with E-state index in [1.54, 1.807) is 6.07 Å². The molecular formula is C11H11F2NO2. The fraction of sp³-hybridized carbons (Fsp3) is 0.455. The minimum absolute atomic E-state index is 0.0313. The second kappa shape index (κ2) is 3.48. The summed E-state index contributed by atoms with van der Waals surface area (Å²) in [6, 6.07) is 4.18. The lowest BCUT2D eigenvalue weighted by molar-refractivity contribution is 0.0240. The zero-order valence-corrected chi connectivity index (χ0v) is 8.50. The Hall–Kier alpha value is -1.04. The summed E-state index contributed by atoms with van der Waals surface area (Å²) in [5, 5.41) is 0. The molecule has 2 fully saturated rings. The molecule has 2 saturated heterocycles. The van der Waals surface area contributed by atoms with Crippen LogP contribution in [0.25, 0.3) is 0 Å². The second-order valence-electron chi connectivity index (χ2n) is 4.20. The van der Waals surface area contributed by atoms with Gasteiger partial charge < -0.3 is 9.57 Å². The minimum Gasteiger partial charge on any atom is -0.379 e. The highest BCUT2D eigenvalue weighted by Crippen LogP contribution is 2.40. The molecule has 86 valence electrons. The summed E-state index contributed by atoms with van der Waals surface area (Å²) in [4.78, 5) is 5.15. The number of ether oxygens (including phenoxy) is 1. The molecule has 0 aromatic heterocycles. The van der Waals surface area contributed by atoms with Crippen LogP contribution in [0.15, 0.2) is 18.2 Å². The van der Waals surface area contributed by atoms with E-state index in [4.69, 9.17) is 9.57 Å². The van der Waals surface area contributed by atoms with Gasteiger partial charge in [0.25, 0.3) is 0 Å². The fourth-order valence-corrected chi connectivity index (χ4v) is 2.40. The number of benzene rings is 1. The summed E-state index contributed by atoms with van der Waals surface area (Å²) in [7, 11) is 0. The van der Waals surface area contributed by atoms with E-state index in [1.165, 1.54) is 6.07 Å². The van der Waals surface area contributed by atoms with Crippen molar-refractivity contribution >= 4 is 0 Å². The average Bonchev–Trinajstić information content (AvgIpc) is 2.81. The first-order chi connectivity index (χ1) is 7.74. The molecule has 5 heteroatoms. The van der Waals surface area contributed by atoms with E-state index in [-0.39, 0.29) is 11.5 Å². The van der Waals surface area contributed by atoms with Crippen molar-refractivity contribution in [2.75, 3.05) is 19.8 Å². The normalized spacial score (nSPS) is 33.0. The molecule has 1 aromatic rings. The smallest absolute Gasteiger partial charge is 0.164 e. The highest BCUT2D eigenvalue weighted by atomic mass is 19.2. The van der Waals surface area contributed by atoms with Crippen LogP contribution in [0.3, 0.4) is 0 Å². The molecule has 1 unspecified atom stereocenters. The third-order valence-electron chi connectivity index (χ3n) is 3.32. The molecule has 3 rings (SSSR count). The van der Waals surface area contributed by atoms with Crippen LogP contribution >= 0.6 is 0 Å².